The number of carbonyl (C=O) groups is 3. The molecular formula is C19H25NO7. The number of ketones is 1. The SMILES string of the molecule is CC(C)C(=O)OCOC1(OCOC(=O)C(C)C)C(=O)C1Cc1ccccn1. The van der Waals surface area contributed by atoms with Crippen molar-refractivity contribution in [2.75, 3.05) is 13.6 Å². The Kier molecular flexibility index (Phi) is 7.04. The predicted octanol–water partition coefficient (Wildman–Crippen LogP) is 1.87. The van der Waals surface area contributed by atoms with Crippen molar-refractivity contribution in [3.63, 3.8) is 0 Å². The van der Waals surface area contributed by atoms with Gasteiger partial charge in [-0.15, -0.1) is 0 Å². The fraction of sp³-hybridized carbons (Fsp3) is 0.579. The minimum absolute atomic E-state index is 0.302. The summed E-state index contributed by atoms with van der Waals surface area (Å²) in [5.74, 6) is -4.09. The van der Waals surface area contributed by atoms with Crippen LogP contribution in [0.1, 0.15) is 33.4 Å². The van der Waals surface area contributed by atoms with E-state index in [1.807, 2.05) is 6.07 Å². The van der Waals surface area contributed by atoms with Crippen LogP contribution in [-0.2, 0) is 39.8 Å². The number of esters is 2. The number of ether oxygens (including phenoxy) is 4. The number of nitrogens with zero attached hydrogens (tertiary/aromatic N) is 1. The highest BCUT2D eigenvalue weighted by molar-refractivity contribution is 6.05. The number of hydrogen-bond donors (Lipinski definition) is 0. The maximum atomic E-state index is 12.4. The summed E-state index contributed by atoms with van der Waals surface area (Å²) in [6.07, 6.45) is 1.93. The third-order valence-corrected chi connectivity index (χ3v) is 4.07. The molecule has 8 nitrogen and oxygen atoms in total. The molecule has 1 unspecified atom stereocenters. The summed E-state index contributed by atoms with van der Waals surface area (Å²) in [4.78, 5) is 39.7. The first-order valence-electron chi connectivity index (χ1n) is 8.83. The van der Waals surface area contributed by atoms with Crippen molar-refractivity contribution in [2.24, 2.45) is 17.8 Å². The lowest BCUT2D eigenvalue weighted by molar-refractivity contribution is -0.247. The second-order valence-electron chi connectivity index (χ2n) is 6.87. The minimum Gasteiger partial charge on any atom is -0.438 e. The molecule has 2 rings (SSSR count). The first-order chi connectivity index (χ1) is 12.8. The van der Waals surface area contributed by atoms with E-state index in [1.165, 1.54) is 0 Å². The van der Waals surface area contributed by atoms with Crippen LogP contribution in [0.5, 0.6) is 0 Å². The quantitative estimate of drug-likeness (QED) is 0.448. The van der Waals surface area contributed by atoms with Crippen LogP contribution < -0.4 is 0 Å². The minimum atomic E-state index is -1.61. The first kappa shape index (κ1) is 21.0. The van der Waals surface area contributed by atoms with E-state index in [2.05, 4.69) is 4.98 Å². The Hall–Kier alpha value is -2.32. The van der Waals surface area contributed by atoms with Gasteiger partial charge in [-0.25, -0.2) is 0 Å². The summed E-state index contributed by atoms with van der Waals surface area (Å²) < 4.78 is 20.9. The van der Waals surface area contributed by atoms with E-state index in [0.29, 0.717) is 12.1 Å². The summed E-state index contributed by atoms with van der Waals surface area (Å²) in [7, 11) is 0. The molecule has 0 saturated heterocycles. The molecule has 1 heterocycles. The van der Waals surface area contributed by atoms with Gasteiger partial charge in [-0.05, 0) is 12.1 Å². The number of carbonyl (C=O) groups excluding carboxylic acids is 3. The highest BCUT2D eigenvalue weighted by atomic mass is 16.8. The Labute approximate surface area is 158 Å². The maximum Gasteiger partial charge on any atom is 0.310 e. The number of pyridine rings is 1. The summed E-state index contributed by atoms with van der Waals surface area (Å²) >= 11 is 0. The van der Waals surface area contributed by atoms with Gasteiger partial charge in [0.25, 0.3) is 0 Å². The molecule has 0 spiro atoms. The van der Waals surface area contributed by atoms with Gasteiger partial charge >= 0.3 is 11.9 Å². The highest BCUT2D eigenvalue weighted by Gasteiger charge is 2.69. The van der Waals surface area contributed by atoms with E-state index in [1.54, 1.807) is 46.0 Å². The Balaban J connectivity index is 1.99. The molecule has 148 valence electrons. The summed E-state index contributed by atoms with van der Waals surface area (Å²) in [5, 5.41) is 0. The van der Waals surface area contributed by atoms with Crippen LogP contribution in [-0.4, -0.2) is 42.1 Å². The van der Waals surface area contributed by atoms with Gasteiger partial charge in [-0.2, -0.15) is 0 Å². The van der Waals surface area contributed by atoms with Crippen molar-refractivity contribution >= 4 is 17.7 Å². The smallest absolute Gasteiger partial charge is 0.310 e. The van der Waals surface area contributed by atoms with Gasteiger partial charge in [0.05, 0.1) is 17.8 Å². The third kappa shape index (κ3) is 5.33. The second-order valence-corrected chi connectivity index (χ2v) is 6.87. The van der Waals surface area contributed by atoms with Crippen molar-refractivity contribution in [2.45, 2.75) is 39.9 Å². The summed E-state index contributed by atoms with van der Waals surface area (Å²) in [6, 6.07) is 5.37. The van der Waals surface area contributed by atoms with E-state index < -0.39 is 37.2 Å². The molecule has 1 atom stereocenters. The van der Waals surface area contributed by atoms with Crippen LogP contribution in [0.15, 0.2) is 24.4 Å². The van der Waals surface area contributed by atoms with E-state index in [-0.39, 0.29) is 17.6 Å². The van der Waals surface area contributed by atoms with Crippen molar-refractivity contribution in [3.05, 3.63) is 30.1 Å². The van der Waals surface area contributed by atoms with Crippen molar-refractivity contribution < 1.29 is 33.3 Å². The average Bonchev–Trinajstić information content (AvgIpc) is 3.17. The summed E-state index contributed by atoms with van der Waals surface area (Å²) in [5.41, 5.74) is 0.697. The van der Waals surface area contributed by atoms with Gasteiger partial charge < -0.3 is 18.9 Å². The Morgan fingerprint density at radius 1 is 1.04 bits per heavy atom. The highest BCUT2D eigenvalue weighted by Crippen LogP contribution is 2.45. The number of Topliss-reactive ketones (excluding diaryl/α,β-unsaturated/α-hetero) is 1. The van der Waals surface area contributed by atoms with E-state index in [9.17, 15) is 14.4 Å². The maximum absolute atomic E-state index is 12.4. The standard InChI is InChI=1S/C19H25NO7/c1-12(2)17(22)24-10-26-19(27-11-25-18(23)13(3)4)15(16(19)21)9-14-7-5-6-8-20-14/h5-8,12-13,15H,9-11H2,1-4H3. The lowest BCUT2D eigenvalue weighted by Gasteiger charge is -2.18. The molecule has 1 aliphatic carbocycles. The van der Waals surface area contributed by atoms with Crippen LogP contribution in [0.2, 0.25) is 0 Å². The zero-order valence-corrected chi connectivity index (χ0v) is 16.0. The second kappa shape index (κ2) is 9.05. The largest absolute Gasteiger partial charge is 0.438 e. The predicted molar refractivity (Wildman–Crippen MR) is 92.9 cm³/mol. The molecule has 1 saturated carbocycles. The van der Waals surface area contributed by atoms with Crippen LogP contribution in [0.3, 0.4) is 0 Å². The van der Waals surface area contributed by atoms with Crippen LogP contribution in [0.25, 0.3) is 0 Å². The van der Waals surface area contributed by atoms with Gasteiger partial charge in [-0.1, -0.05) is 33.8 Å². The van der Waals surface area contributed by atoms with Crippen LogP contribution in [0.4, 0.5) is 0 Å². The Morgan fingerprint density at radius 3 is 2.04 bits per heavy atom. The topological polar surface area (TPSA) is 101 Å². The molecule has 0 amide bonds. The van der Waals surface area contributed by atoms with E-state index in [4.69, 9.17) is 18.9 Å². The molecule has 8 heteroatoms. The average molecular weight is 379 g/mol. The molecule has 1 aromatic heterocycles. The zero-order chi connectivity index (χ0) is 20.0. The molecule has 0 N–H and O–H groups in total. The molecule has 1 aromatic rings. The molecule has 0 radical (unpaired) electrons. The van der Waals surface area contributed by atoms with Gasteiger partial charge in [0.2, 0.25) is 11.6 Å². The first-order valence-corrected chi connectivity index (χ1v) is 8.83. The summed E-state index contributed by atoms with van der Waals surface area (Å²) in [6.45, 7) is 5.88. The van der Waals surface area contributed by atoms with E-state index >= 15 is 0 Å². The number of rotatable bonds is 10. The Morgan fingerprint density at radius 2 is 1.59 bits per heavy atom. The molecule has 1 fully saturated rings. The van der Waals surface area contributed by atoms with Gasteiger partial charge in [0.15, 0.2) is 13.6 Å². The van der Waals surface area contributed by atoms with Crippen molar-refractivity contribution in [1.82, 2.24) is 4.98 Å². The van der Waals surface area contributed by atoms with Gasteiger partial charge in [0.1, 0.15) is 0 Å². The van der Waals surface area contributed by atoms with Crippen LogP contribution in [0, 0.1) is 17.8 Å². The fourth-order valence-corrected chi connectivity index (χ4v) is 2.34. The Bertz CT molecular complexity index is 646. The number of aromatic nitrogens is 1. The fourth-order valence-electron chi connectivity index (χ4n) is 2.34. The molecular weight excluding hydrogens is 354 g/mol. The molecule has 0 aliphatic heterocycles. The van der Waals surface area contributed by atoms with Gasteiger partial charge in [0, 0.05) is 18.3 Å². The van der Waals surface area contributed by atoms with Crippen LogP contribution >= 0.6 is 0 Å². The monoisotopic (exact) mass is 379 g/mol. The molecule has 0 bridgehead atoms. The van der Waals surface area contributed by atoms with Crippen molar-refractivity contribution in [3.8, 4) is 0 Å². The van der Waals surface area contributed by atoms with E-state index in [0.717, 1.165) is 0 Å². The lowest BCUT2D eigenvalue weighted by Crippen LogP contribution is -2.29. The normalized spacial score (nSPS) is 17.9. The molecule has 1 aliphatic rings. The zero-order valence-electron chi connectivity index (χ0n) is 16.0. The number of hydrogen-bond acceptors (Lipinski definition) is 8. The van der Waals surface area contributed by atoms with Crippen molar-refractivity contribution in [1.29, 1.82) is 0 Å². The lowest BCUT2D eigenvalue weighted by atomic mass is 10.2. The van der Waals surface area contributed by atoms with Gasteiger partial charge in [-0.3, -0.25) is 19.4 Å². The molecule has 0 aromatic carbocycles. The third-order valence-electron chi connectivity index (χ3n) is 4.07. The molecule has 27 heavy (non-hydrogen) atoms.